The van der Waals surface area contributed by atoms with E-state index in [1.165, 1.54) is 0 Å². The number of carbonyl (C=O) groups excluding carboxylic acids is 2. The third kappa shape index (κ3) is 3.03. The fourth-order valence-electron chi connectivity index (χ4n) is 2.59. The monoisotopic (exact) mass is 347 g/mol. The second-order valence-electron chi connectivity index (χ2n) is 5.13. The molecule has 1 aliphatic heterocycles. The summed E-state index contributed by atoms with van der Waals surface area (Å²) in [5, 5.41) is 11.3. The maximum atomic E-state index is 12.1. The molecule has 3 rings (SSSR count). The number of benzene rings is 2. The fraction of sp³-hybridized carbons (Fsp3) is 0.294. The van der Waals surface area contributed by atoms with Gasteiger partial charge in [-0.05, 0) is 30.5 Å². The summed E-state index contributed by atoms with van der Waals surface area (Å²) < 4.78 is 10.5. The smallest absolute Gasteiger partial charge is 0.285 e. The quantitative estimate of drug-likeness (QED) is 0.273. The Hall–Kier alpha value is -1.93. The van der Waals surface area contributed by atoms with Crippen LogP contribution >= 0.6 is 11.8 Å². The van der Waals surface area contributed by atoms with Crippen LogP contribution in [0.1, 0.15) is 27.6 Å². The molecule has 0 spiro atoms. The van der Waals surface area contributed by atoms with Gasteiger partial charge >= 0.3 is 0 Å². The molecule has 0 atom stereocenters. The predicted molar refractivity (Wildman–Crippen MR) is 89.4 cm³/mol. The standard InChI is InChI=1S/C17H17NO5S/c1-2-22-10-23-8-9-24-14-7-6-13-15-11(14)4-3-5-12(15)16(19)18(21)17(13)20/h3-7,21H,2,8-10H2,1H3. The van der Waals surface area contributed by atoms with Crippen molar-refractivity contribution in [2.75, 3.05) is 25.8 Å². The molecular weight excluding hydrogens is 330 g/mol. The van der Waals surface area contributed by atoms with E-state index in [9.17, 15) is 14.8 Å². The second-order valence-corrected chi connectivity index (χ2v) is 6.27. The molecule has 2 aromatic rings. The molecule has 1 heterocycles. The first kappa shape index (κ1) is 16.9. The molecule has 0 radical (unpaired) electrons. The van der Waals surface area contributed by atoms with Gasteiger partial charge in [-0.1, -0.05) is 12.1 Å². The van der Waals surface area contributed by atoms with Crippen LogP contribution in [0.15, 0.2) is 35.2 Å². The Labute approximate surface area is 143 Å². The average molecular weight is 347 g/mol. The third-order valence-corrected chi connectivity index (χ3v) is 4.74. The number of amides is 2. The van der Waals surface area contributed by atoms with Gasteiger partial charge in [-0.15, -0.1) is 16.8 Å². The molecule has 0 unspecified atom stereocenters. The third-order valence-electron chi connectivity index (χ3n) is 3.70. The minimum atomic E-state index is -0.694. The first-order chi connectivity index (χ1) is 11.6. The second kappa shape index (κ2) is 7.31. The molecule has 24 heavy (non-hydrogen) atoms. The topological polar surface area (TPSA) is 76.1 Å². The lowest BCUT2D eigenvalue weighted by molar-refractivity contribution is -0.0435. The maximum absolute atomic E-state index is 12.1. The molecule has 0 aliphatic carbocycles. The summed E-state index contributed by atoms with van der Waals surface area (Å²) in [7, 11) is 0. The average Bonchev–Trinajstić information content (AvgIpc) is 2.61. The van der Waals surface area contributed by atoms with E-state index < -0.39 is 11.8 Å². The van der Waals surface area contributed by atoms with Gasteiger partial charge in [0, 0.05) is 22.6 Å². The SMILES string of the molecule is CCOCOCCSc1ccc2c3c(cccc13)C(=O)N(O)C2=O. The molecule has 0 aromatic heterocycles. The maximum Gasteiger partial charge on any atom is 0.285 e. The predicted octanol–water partition coefficient (Wildman–Crippen LogP) is 2.93. The van der Waals surface area contributed by atoms with Crippen LogP contribution in [0.25, 0.3) is 10.8 Å². The van der Waals surface area contributed by atoms with E-state index >= 15 is 0 Å². The number of rotatable bonds is 7. The van der Waals surface area contributed by atoms with Gasteiger partial charge < -0.3 is 9.47 Å². The fourth-order valence-corrected chi connectivity index (χ4v) is 3.51. The van der Waals surface area contributed by atoms with Crippen LogP contribution in [0.5, 0.6) is 0 Å². The zero-order chi connectivity index (χ0) is 17.1. The Bertz CT molecular complexity index is 770. The molecule has 0 saturated heterocycles. The van der Waals surface area contributed by atoms with Crippen LogP contribution in [0.4, 0.5) is 0 Å². The van der Waals surface area contributed by atoms with Crippen LogP contribution < -0.4 is 0 Å². The van der Waals surface area contributed by atoms with Crippen molar-refractivity contribution in [2.24, 2.45) is 0 Å². The number of hydroxylamine groups is 2. The van der Waals surface area contributed by atoms with Crippen LogP contribution in [-0.2, 0) is 9.47 Å². The summed E-state index contributed by atoms with van der Waals surface area (Å²) in [6, 6.07) is 8.71. The van der Waals surface area contributed by atoms with Gasteiger partial charge in [0.15, 0.2) is 0 Å². The van der Waals surface area contributed by atoms with E-state index in [0.717, 1.165) is 16.0 Å². The Kier molecular flexibility index (Phi) is 5.15. The van der Waals surface area contributed by atoms with Crippen molar-refractivity contribution in [1.29, 1.82) is 0 Å². The van der Waals surface area contributed by atoms with Crippen LogP contribution in [0.2, 0.25) is 0 Å². The minimum Gasteiger partial charge on any atom is -0.356 e. The summed E-state index contributed by atoms with van der Waals surface area (Å²) in [6.07, 6.45) is 0. The number of hydrogen-bond acceptors (Lipinski definition) is 6. The van der Waals surface area contributed by atoms with E-state index in [4.69, 9.17) is 9.47 Å². The highest BCUT2D eigenvalue weighted by Gasteiger charge is 2.32. The Balaban J connectivity index is 1.86. The van der Waals surface area contributed by atoms with Gasteiger partial charge in [-0.25, -0.2) is 0 Å². The number of imide groups is 1. The van der Waals surface area contributed by atoms with E-state index in [2.05, 4.69) is 0 Å². The minimum absolute atomic E-state index is 0.172. The first-order valence-corrected chi connectivity index (χ1v) is 8.55. The van der Waals surface area contributed by atoms with Crippen LogP contribution in [0, 0.1) is 0 Å². The molecule has 7 heteroatoms. The largest absolute Gasteiger partial charge is 0.356 e. The highest BCUT2D eigenvalue weighted by molar-refractivity contribution is 7.99. The van der Waals surface area contributed by atoms with Crippen molar-refractivity contribution in [1.82, 2.24) is 5.06 Å². The molecular formula is C17H17NO5S. The highest BCUT2D eigenvalue weighted by Crippen LogP contribution is 2.35. The van der Waals surface area contributed by atoms with Gasteiger partial charge in [0.25, 0.3) is 11.8 Å². The zero-order valence-electron chi connectivity index (χ0n) is 13.2. The zero-order valence-corrected chi connectivity index (χ0v) is 14.0. The van der Waals surface area contributed by atoms with Crippen molar-refractivity contribution in [3.63, 3.8) is 0 Å². The summed E-state index contributed by atoms with van der Waals surface area (Å²) >= 11 is 1.58. The van der Waals surface area contributed by atoms with Crippen molar-refractivity contribution >= 4 is 34.3 Å². The summed E-state index contributed by atoms with van der Waals surface area (Å²) in [5.74, 6) is -0.666. The Morgan fingerprint density at radius 2 is 1.83 bits per heavy atom. The van der Waals surface area contributed by atoms with Crippen molar-refractivity contribution in [3.05, 3.63) is 41.5 Å². The highest BCUT2D eigenvalue weighted by atomic mass is 32.2. The lowest BCUT2D eigenvalue weighted by Crippen LogP contribution is -2.37. The molecule has 2 amide bonds. The Morgan fingerprint density at radius 3 is 2.58 bits per heavy atom. The van der Waals surface area contributed by atoms with Gasteiger partial charge in [0.2, 0.25) is 0 Å². The Morgan fingerprint density at radius 1 is 1.08 bits per heavy atom. The molecule has 0 bridgehead atoms. The van der Waals surface area contributed by atoms with Crippen molar-refractivity contribution in [2.45, 2.75) is 11.8 Å². The molecule has 0 saturated carbocycles. The van der Waals surface area contributed by atoms with Gasteiger partial charge in [0.05, 0.1) is 17.7 Å². The molecule has 126 valence electrons. The van der Waals surface area contributed by atoms with Crippen LogP contribution in [-0.4, -0.2) is 47.8 Å². The van der Waals surface area contributed by atoms with E-state index in [1.807, 2.05) is 19.1 Å². The molecule has 2 aromatic carbocycles. The summed E-state index contributed by atoms with van der Waals surface area (Å²) in [5.41, 5.74) is 0.666. The summed E-state index contributed by atoms with van der Waals surface area (Å²) in [6.45, 7) is 3.33. The normalized spacial score (nSPS) is 13.8. The van der Waals surface area contributed by atoms with Gasteiger partial charge in [0.1, 0.15) is 6.79 Å². The molecule has 1 aliphatic rings. The first-order valence-electron chi connectivity index (χ1n) is 7.56. The lowest BCUT2D eigenvalue weighted by atomic mass is 9.95. The van der Waals surface area contributed by atoms with E-state index in [-0.39, 0.29) is 11.9 Å². The molecule has 1 N–H and O–H groups in total. The molecule has 0 fully saturated rings. The molecule has 6 nitrogen and oxygen atoms in total. The summed E-state index contributed by atoms with van der Waals surface area (Å²) in [4.78, 5) is 25.2. The van der Waals surface area contributed by atoms with Gasteiger partial charge in [-0.3, -0.25) is 14.8 Å². The van der Waals surface area contributed by atoms with Crippen LogP contribution in [0.3, 0.4) is 0 Å². The van der Waals surface area contributed by atoms with Gasteiger partial charge in [-0.2, -0.15) is 0 Å². The van der Waals surface area contributed by atoms with E-state index in [0.29, 0.717) is 29.7 Å². The van der Waals surface area contributed by atoms with Crippen molar-refractivity contribution in [3.8, 4) is 0 Å². The number of ether oxygens (including phenoxy) is 2. The number of carbonyl (C=O) groups is 2. The number of nitrogens with zero attached hydrogens (tertiary/aromatic N) is 1. The van der Waals surface area contributed by atoms with Crippen molar-refractivity contribution < 1.29 is 24.3 Å². The number of thioether (sulfide) groups is 1. The lowest BCUT2D eigenvalue weighted by Gasteiger charge is -2.22. The number of hydrogen-bond donors (Lipinski definition) is 1. The van der Waals surface area contributed by atoms with E-state index in [1.54, 1.807) is 30.0 Å².